The van der Waals surface area contributed by atoms with Crippen molar-refractivity contribution >= 4 is 29.1 Å². The molecule has 0 fully saturated rings. The van der Waals surface area contributed by atoms with E-state index in [4.69, 9.17) is 10.2 Å². The fourth-order valence-electron chi connectivity index (χ4n) is 1.66. The molecule has 0 aliphatic heterocycles. The Morgan fingerprint density at radius 1 is 0.864 bits per heavy atom. The van der Waals surface area contributed by atoms with Gasteiger partial charge in [-0.05, 0) is 24.3 Å². The number of carbonyl (C=O) groups excluding carboxylic acids is 3. The second-order valence-electron chi connectivity index (χ2n) is 4.74. The summed E-state index contributed by atoms with van der Waals surface area (Å²) in [5.41, 5.74) is 0.493. The van der Waals surface area contributed by atoms with Crippen molar-refractivity contribution in [3.8, 4) is 5.75 Å². The number of phenols is 1. The lowest BCUT2D eigenvalue weighted by atomic mass is 10.1. The first kappa shape index (κ1) is 17.4. The molecule has 0 heterocycles. The third-order valence-electron chi connectivity index (χ3n) is 2.79. The van der Waals surface area contributed by atoms with E-state index < -0.39 is 17.5 Å². The lowest BCUT2D eigenvalue weighted by Crippen LogP contribution is -2.15. The molecule has 0 saturated carbocycles. The quantitative estimate of drug-likeness (QED) is 0.469. The third kappa shape index (κ3) is 7.18. The summed E-state index contributed by atoms with van der Waals surface area (Å²) >= 11 is 0. The number of nitrogens with one attached hydrogen (secondary N) is 1. The summed E-state index contributed by atoms with van der Waals surface area (Å²) in [7, 11) is 0. The van der Waals surface area contributed by atoms with Crippen LogP contribution in [0.3, 0.4) is 0 Å². The van der Waals surface area contributed by atoms with Crippen LogP contribution in [0.5, 0.6) is 5.75 Å². The van der Waals surface area contributed by atoms with Crippen molar-refractivity contribution in [3.05, 3.63) is 24.3 Å². The summed E-state index contributed by atoms with van der Waals surface area (Å²) in [5, 5.41) is 20.1. The summed E-state index contributed by atoms with van der Waals surface area (Å²) in [6, 6.07) is 5.87. The maximum Gasteiger partial charge on any atom is 0.303 e. The zero-order chi connectivity index (χ0) is 16.5. The predicted octanol–water partition coefficient (Wildman–Crippen LogP) is 1.50. The molecule has 7 nitrogen and oxygen atoms in total. The van der Waals surface area contributed by atoms with Gasteiger partial charge in [-0.2, -0.15) is 0 Å². The molecule has 7 heteroatoms. The Labute approximate surface area is 127 Å². The van der Waals surface area contributed by atoms with Gasteiger partial charge in [0.15, 0.2) is 0 Å². The molecule has 0 spiro atoms. The summed E-state index contributed by atoms with van der Waals surface area (Å²) in [6.45, 7) is 0. The average Bonchev–Trinajstić information content (AvgIpc) is 2.45. The van der Waals surface area contributed by atoms with Crippen LogP contribution in [0.4, 0.5) is 5.69 Å². The number of phenolic OH excluding ortho intramolecular Hbond substituents is 1. The van der Waals surface area contributed by atoms with Crippen LogP contribution in [-0.2, 0) is 19.2 Å². The number of aromatic hydroxyl groups is 1. The molecule has 3 N–H and O–H groups in total. The lowest BCUT2D eigenvalue weighted by Gasteiger charge is -2.05. The number of carboxylic acid groups (broad SMARTS) is 1. The molecule has 22 heavy (non-hydrogen) atoms. The van der Waals surface area contributed by atoms with Gasteiger partial charge in [-0.25, -0.2) is 0 Å². The van der Waals surface area contributed by atoms with E-state index in [9.17, 15) is 19.2 Å². The highest BCUT2D eigenvalue weighted by Gasteiger charge is 2.13. The largest absolute Gasteiger partial charge is 0.508 e. The van der Waals surface area contributed by atoms with Crippen LogP contribution >= 0.6 is 0 Å². The molecule has 0 aliphatic carbocycles. The summed E-state index contributed by atoms with van der Waals surface area (Å²) < 4.78 is 0. The number of Topliss-reactive ketones (excluding diaryl/α,β-unsaturated/α-hetero) is 2. The van der Waals surface area contributed by atoms with E-state index in [1.807, 2.05) is 0 Å². The molecular weight excluding hydrogens is 290 g/mol. The van der Waals surface area contributed by atoms with Gasteiger partial charge in [0.05, 0.1) is 12.8 Å². The SMILES string of the molecule is O=C(O)CCC(=O)CC(=O)CCC(=O)Nc1ccc(O)cc1. The molecule has 0 aliphatic rings. The topological polar surface area (TPSA) is 121 Å². The third-order valence-corrected chi connectivity index (χ3v) is 2.79. The van der Waals surface area contributed by atoms with Crippen molar-refractivity contribution in [2.45, 2.75) is 32.1 Å². The van der Waals surface area contributed by atoms with Gasteiger partial charge in [0.25, 0.3) is 0 Å². The van der Waals surface area contributed by atoms with Gasteiger partial charge in [0, 0.05) is 24.9 Å². The zero-order valence-corrected chi connectivity index (χ0v) is 11.9. The van der Waals surface area contributed by atoms with Gasteiger partial charge in [0.2, 0.25) is 5.91 Å². The summed E-state index contributed by atoms with van der Waals surface area (Å²) in [5.74, 6) is -2.22. The molecule has 0 atom stereocenters. The maximum absolute atomic E-state index is 11.6. The lowest BCUT2D eigenvalue weighted by molar-refractivity contribution is -0.139. The highest BCUT2D eigenvalue weighted by Crippen LogP contribution is 2.14. The van der Waals surface area contributed by atoms with E-state index in [2.05, 4.69) is 5.32 Å². The van der Waals surface area contributed by atoms with E-state index in [0.29, 0.717) is 5.69 Å². The molecule has 0 saturated heterocycles. The van der Waals surface area contributed by atoms with Crippen LogP contribution in [0.2, 0.25) is 0 Å². The molecule has 1 amide bonds. The van der Waals surface area contributed by atoms with Crippen molar-refractivity contribution in [2.24, 2.45) is 0 Å². The fraction of sp³-hybridized carbons (Fsp3) is 0.333. The van der Waals surface area contributed by atoms with Crippen molar-refractivity contribution < 1.29 is 29.4 Å². The number of ketones is 2. The Balaban J connectivity index is 2.28. The number of benzene rings is 1. The van der Waals surface area contributed by atoms with Crippen LogP contribution in [0.15, 0.2) is 24.3 Å². The number of carboxylic acids is 1. The molecule has 1 rings (SSSR count). The number of aliphatic carboxylic acids is 1. The highest BCUT2D eigenvalue weighted by atomic mass is 16.4. The van der Waals surface area contributed by atoms with Gasteiger partial charge >= 0.3 is 5.97 Å². The number of hydrogen-bond donors (Lipinski definition) is 3. The van der Waals surface area contributed by atoms with Gasteiger partial charge in [0.1, 0.15) is 17.3 Å². The Kier molecular flexibility index (Phi) is 6.75. The van der Waals surface area contributed by atoms with Crippen LogP contribution < -0.4 is 5.32 Å². The monoisotopic (exact) mass is 307 g/mol. The van der Waals surface area contributed by atoms with Crippen LogP contribution in [-0.4, -0.2) is 33.7 Å². The molecule has 1 aromatic carbocycles. The smallest absolute Gasteiger partial charge is 0.303 e. The summed E-state index contributed by atoms with van der Waals surface area (Å²) in [6.07, 6.45) is -0.970. The van der Waals surface area contributed by atoms with Crippen molar-refractivity contribution in [1.82, 2.24) is 0 Å². The van der Waals surface area contributed by atoms with Crippen molar-refractivity contribution in [1.29, 1.82) is 0 Å². The normalized spacial score (nSPS) is 10.0. The Bertz CT molecular complexity index is 564. The molecular formula is C15H17NO6. The van der Waals surface area contributed by atoms with E-state index in [1.54, 1.807) is 0 Å². The molecule has 0 radical (unpaired) electrons. The second-order valence-corrected chi connectivity index (χ2v) is 4.74. The minimum absolute atomic E-state index is 0.0636. The van der Waals surface area contributed by atoms with Gasteiger partial charge in [-0.15, -0.1) is 0 Å². The molecule has 0 unspecified atom stereocenters. The molecule has 0 aromatic heterocycles. The molecule has 0 bridgehead atoms. The Morgan fingerprint density at radius 2 is 1.41 bits per heavy atom. The van der Waals surface area contributed by atoms with E-state index in [1.165, 1.54) is 24.3 Å². The molecule has 1 aromatic rings. The number of hydrogen-bond acceptors (Lipinski definition) is 5. The minimum atomic E-state index is -1.09. The number of anilines is 1. The van der Waals surface area contributed by atoms with Gasteiger partial charge < -0.3 is 15.5 Å². The Morgan fingerprint density at radius 3 is 1.95 bits per heavy atom. The Hall–Kier alpha value is -2.70. The van der Waals surface area contributed by atoms with E-state index in [0.717, 1.165) is 0 Å². The molecule has 118 valence electrons. The van der Waals surface area contributed by atoms with Crippen LogP contribution in [0.1, 0.15) is 32.1 Å². The van der Waals surface area contributed by atoms with Crippen LogP contribution in [0.25, 0.3) is 0 Å². The number of rotatable bonds is 9. The number of amides is 1. The minimum Gasteiger partial charge on any atom is -0.508 e. The van der Waals surface area contributed by atoms with Crippen molar-refractivity contribution in [2.75, 3.05) is 5.32 Å². The number of carbonyl (C=O) groups is 4. The first-order chi connectivity index (χ1) is 10.4. The average molecular weight is 307 g/mol. The first-order valence-corrected chi connectivity index (χ1v) is 6.71. The maximum atomic E-state index is 11.6. The standard InChI is InChI=1S/C15H17NO6/c17-11-3-1-10(2-4-11)16-14(20)7-5-12(18)9-13(19)6-8-15(21)22/h1-4,17H,5-9H2,(H,16,20)(H,21,22). The second kappa shape index (κ2) is 8.56. The van der Waals surface area contributed by atoms with Crippen LogP contribution in [0, 0.1) is 0 Å². The van der Waals surface area contributed by atoms with Crippen molar-refractivity contribution in [3.63, 3.8) is 0 Å². The summed E-state index contributed by atoms with van der Waals surface area (Å²) in [4.78, 5) is 44.7. The van der Waals surface area contributed by atoms with Gasteiger partial charge in [-0.1, -0.05) is 0 Å². The van der Waals surface area contributed by atoms with Gasteiger partial charge in [-0.3, -0.25) is 19.2 Å². The highest BCUT2D eigenvalue weighted by molar-refractivity contribution is 6.01. The first-order valence-electron chi connectivity index (χ1n) is 6.71. The fourth-order valence-corrected chi connectivity index (χ4v) is 1.66. The van der Waals surface area contributed by atoms with E-state index >= 15 is 0 Å². The zero-order valence-electron chi connectivity index (χ0n) is 11.9. The predicted molar refractivity (Wildman–Crippen MR) is 77.5 cm³/mol. The van der Waals surface area contributed by atoms with E-state index in [-0.39, 0.29) is 43.8 Å².